The molecule has 3 nitrogen and oxygen atoms in total. The Morgan fingerprint density at radius 1 is 1.64 bits per heavy atom. The lowest BCUT2D eigenvalue weighted by atomic mass is 10.2. The van der Waals surface area contributed by atoms with Gasteiger partial charge in [-0.3, -0.25) is 0 Å². The average molecular weight is 279 g/mol. The molecule has 0 aliphatic heterocycles. The molecule has 2 N–H and O–H groups in total. The lowest BCUT2D eigenvalue weighted by molar-refractivity contribution is 0.0527. The first-order valence-corrected chi connectivity index (χ1v) is 5.15. The summed E-state index contributed by atoms with van der Waals surface area (Å²) in [6, 6.07) is 3.11. The fraction of sp³-hybridized carbons (Fsp3) is 0.222. The minimum absolute atomic E-state index is 0.284. The predicted octanol–water partition coefficient (Wildman–Crippen LogP) is 2.86. The van der Waals surface area contributed by atoms with Gasteiger partial charge in [0.1, 0.15) is 0 Å². The molecule has 0 fully saturated rings. The highest BCUT2D eigenvalue weighted by atomic mass is 79.9. The number of nitrogen functional groups attached to an aromatic ring is 1. The van der Waals surface area contributed by atoms with Crippen molar-refractivity contribution in [1.82, 2.24) is 0 Å². The number of halogens is 2. The van der Waals surface area contributed by atoms with Crippen LogP contribution in [0, 0.1) is 0 Å². The van der Waals surface area contributed by atoms with Crippen molar-refractivity contribution < 1.29 is 9.53 Å². The molecular formula is C9H9BrClNO2. The van der Waals surface area contributed by atoms with Crippen molar-refractivity contribution in [2.45, 2.75) is 6.92 Å². The molecule has 1 aromatic rings. The van der Waals surface area contributed by atoms with Gasteiger partial charge in [0.15, 0.2) is 0 Å². The van der Waals surface area contributed by atoms with E-state index < -0.39 is 5.97 Å². The van der Waals surface area contributed by atoms with Gasteiger partial charge in [0.05, 0.1) is 17.9 Å². The molecule has 14 heavy (non-hydrogen) atoms. The van der Waals surface area contributed by atoms with Crippen LogP contribution in [0.5, 0.6) is 0 Å². The SMILES string of the molecule is CCOC(=O)c1cc(Cl)cc(Br)c1N. The standard InChI is InChI=1S/C9H9BrClNO2/c1-2-14-9(13)6-3-5(11)4-7(10)8(6)12/h3-4H,2,12H2,1H3. The lowest BCUT2D eigenvalue weighted by Crippen LogP contribution is -2.08. The Morgan fingerprint density at radius 3 is 2.86 bits per heavy atom. The molecule has 0 saturated heterocycles. The van der Waals surface area contributed by atoms with Gasteiger partial charge in [-0.15, -0.1) is 0 Å². The van der Waals surface area contributed by atoms with Gasteiger partial charge in [-0.1, -0.05) is 11.6 Å². The first kappa shape index (κ1) is 11.3. The van der Waals surface area contributed by atoms with E-state index in [-0.39, 0.29) is 5.56 Å². The molecule has 0 aliphatic rings. The minimum atomic E-state index is -0.465. The second kappa shape index (κ2) is 4.66. The average Bonchev–Trinajstić information content (AvgIpc) is 2.11. The summed E-state index contributed by atoms with van der Waals surface area (Å²) in [4.78, 5) is 11.4. The Kier molecular flexibility index (Phi) is 3.77. The third-order valence-electron chi connectivity index (χ3n) is 1.59. The van der Waals surface area contributed by atoms with Crippen molar-refractivity contribution in [3.8, 4) is 0 Å². The van der Waals surface area contributed by atoms with Gasteiger partial charge in [-0.2, -0.15) is 0 Å². The monoisotopic (exact) mass is 277 g/mol. The minimum Gasteiger partial charge on any atom is -0.462 e. The van der Waals surface area contributed by atoms with E-state index in [1.807, 2.05) is 0 Å². The maximum atomic E-state index is 11.4. The van der Waals surface area contributed by atoms with Crippen molar-refractivity contribution in [3.63, 3.8) is 0 Å². The largest absolute Gasteiger partial charge is 0.462 e. The van der Waals surface area contributed by atoms with E-state index in [1.165, 1.54) is 6.07 Å². The maximum Gasteiger partial charge on any atom is 0.340 e. The smallest absolute Gasteiger partial charge is 0.340 e. The number of nitrogens with two attached hydrogens (primary N) is 1. The van der Waals surface area contributed by atoms with E-state index >= 15 is 0 Å². The zero-order chi connectivity index (χ0) is 10.7. The van der Waals surface area contributed by atoms with Gasteiger partial charge in [-0.25, -0.2) is 4.79 Å². The number of carbonyl (C=O) groups is 1. The first-order chi connectivity index (χ1) is 6.56. The van der Waals surface area contributed by atoms with E-state index in [4.69, 9.17) is 22.1 Å². The van der Waals surface area contributed by atoms with E-state index in [0.717, 1.165) is 0 Å². The van der Waals surface area contributed by atoms with Crippen LogP contribution < -0.4 is 5.73 Å². The zero-order valence-electron chi connectivity index (χ0n) is 7.51. The van der Waals surface area contributed by atoms with E-state index in [9.17, 15) is 4.79 Å². The highest BCUT2D eigenvalue weighted by Crippen LogP contribution is 2.28. The van der Waals surface area contributed by atoms with Crippen molar-refractivity contribution in [2.75, 3.05) is 12.3 Å². The molecule has 0 radical (unpaired) electrons. The summed E-state index contributed by atoms with van der Waals surface area (Å²) in [5.41, 5.74) is 6.30. The Morgan fingerprint density at radius 2 is 2.29 bits per heavy atom. The first-order valence-electron chi connectivity index (χ1n) is 3.98. The van der Waals surface area contributed by atoms with Crippen LogP contribution in [-0.4, -0.2) is 12.6 Å². The summed E-state index contributed by atoms with van der Waals surface area (Å²) in [6.07, 6.45) is 0. The van der Waals surface area contributed by atoms with E-state index in [1.54, 1.807) is 13.0 Å². The molecular weight excluding hydrogens is 269 g/mol. The number of benzene rings is 1. The van der Waals surface area contributed by atoms with Gasteiger partial charge >= 0.3 is 5.97 Å². The van der Waals surface area contributed by atoms with Crippen molar-refractivity contribution in [1.29, 1.82) is 0 Å². The quantitative estimate of drug-likeness (QED) is 0.668. The normalized spacial score (nSPS) is 9.93. The van der Waals surface area contributed by atoms with Crippen LogP contribution in [0.4, 0.5) is 5.69 Å². The van der Waals surface area contributed by atoms with Crippen LogP contribution in [0.2, 0.25) is 5.02 Å². The van der Waals surface area contributed by atoms with Crippen LogP contribution in [0.1, 0.15) is 17.3 Å². The number of hydrogen-bond donors (Lipinski definition) is 1. The molecule has 0 atom stereocenters. The summed E-state index contributed by atoms with van der Waals surface area (Å²) in [7, 11) is 0. The second-order valence-corrected chi connectivity index (χ2v) is 3.86. The Bertz CT molecular complexity index is 368. The third-order valence-corrected chi connectivity index (χ3v) is 2.46. The van der Waals surface area contributed by atoms with Gasteiger partial charge in [0, 0.05) is 9.50 Å². The maximum absolute atomic E-state index is 11.4. The Balaban J connectivity index is 3.13. The zero-order valence-corrected chi connectivity index (χ0v) is 9.85. The fourth-order valence-corrected chi connectivity index (χ4v) is 1.77. The van der Waals surface area contributed by atoms with Crippen molar-refractivity contribution in [3.05, 3.63) is 27.2 Å². The summed E-state index contributed by atoms with van der Waals surface area (Å²) in [5, 5.41) is 0.439. The number of rotatable bonds is 2. The molecule has 0 aromatic heterocycles. The van der Waals surface area contributed by atoms with E-state index in [2.05, 4.69) is 15.9 Å². The molecule has 1 rings (SSSR count). The highest BCUT2D eigenvalue weighted by Gasteiger charge is 2.13. The van der Waals surface area contributed by atoms with Crippen LogP contribution >= 0.6 is 27.5 Å². The molecule has 0 aliphatic carbocycles. The number of anilines is 1. The predicted molar refractivity (Wildman–Crippen MR) is 59.5 cm³/mol. The Hall–Kier alpha value is -0.740. The molecule has 1 aromatic carbocycles. The molecule has 0 spiro atoms. The summed E-state index contributed by atoms with van der Waals surface area (Å²) in [6.45, 7) is 2.04. The van der Waals surface area contributed by atoms with Crippen molar-refractivity contribution in [2.24, 2.45) is 0 Å². The third kappa shape index (κ3) is 2.39. The summed E-state index contributed by atoms with van der Waals surface area (Å²) >= 11 is 8.97. The van der Waals surface area contributed by atoms with Crippen LogP contribution in [0.3, 0.4) is 0 Å². The number of esters is 1. The molecule has 0 heterocycles. The molecule has 0 bridgehead atoms. The topological polar surface area (TPSA) is 52.3 Å². The van der Waals surface area contributed by atoms with Gasteiger partial charge in [-0.05, 0) is 35.0 Å². The number of carbonyl (C=O) groups excluding carboxylic acids is 1. The van der Waals surface area contributed by atoms with Crippen molar-refractivity contribution >= 4 is 39.2 Å². The Labute approximate surface area is 95.3 Å². The molecule has 0 amide bonds. The highest BCUT2D eigenvalue weighted by molar-refractivity contribution is 9.10. The van der Waals surface area contributed by atoms with Gasteiger partial charge in [0.2, 0.25) is 0 Å². The second-order valence-electron chi connectivity index (χ2n) is 2.57. The fourth-order valence-electron chi connectivity index (χ4n) is 0.962. The summed E-state index contributed by atoms with van der Waals surface area (Å²) < 4.78 is 5.41. The number of ether oxygens (including phenoxy) is 1. The molecule has 76 valence electrons. The molecule has 0 unspecified atom stereocenters. The number of hydrogen-bond acceptors (Lipinski definition) is 3. The van der Waals surface area contributed by atoms with Crippen LogP contribution in [0.25, 0.3) is 0 Å². The molecule has 0 saturated carbocycles. The summed E-state index contributed by atoms with van der Waals surface area (Å²) in [5.74, 6) is -0.465. The van der Waals surface area contributed by atoms with Gasteiger partial charge < -0.3 is 10.5 Å². The van der Waals surface area contributed by atoms with Crippen LogP contribution in [-0.2, 0) is 4.74 Å². The van der Waals surface area contributed by atoms with E-state index in [0.29, 0.717) is 21.8 Å². The van der Waals surface area contributed by atoms with Crippen LogP contribution in [0.15, 0.2) is 16.6 Å². The lowest BCUT2D eigenvalue weighted by Gasteiger charge is -2.07. The molecule has 5 heteroatoms. The van der Waals surface area contributed by atoms with Gasteiger partial charge in [0.25, 0.3) is 0 Å².